The van der Waals surface area contributed by atoms with E-state index in [1.54, 1.807) is 0 Å². The lowest BCUT2D eigenvalue weighted by molar-refractivity contribution is 0.204. The lowest BCUT2D eigenvalue weighted by atomic mass is 9.88. The average Bonchev–Trinajstić information content (AvgIpc) is 3.19. The normalized spacial score (nSPS) is 18.8. The van der Waals surface area contributed by atoms with Crippen molar-refractivity contribution in [2.24, 2.45) is 0 Å². The van der Waals surface area contributed by atoms with Gasteiger partial charge in [-0.1, -0.05) is 71.6 Å². The van der Waals surface area contributed by atoms with Gasteiger partial charge in [-0.25, -0.2) is 0 Å². The van der Waals surface area contributed by atoms with E-state index in [4.69, 9.17) is 0 Å². The summed E-state index contributed by atoms with van der Waals surface area (Å²) in [5, 5.41) is 0. The number of rotatable bonds is 12. The molecule has 1 unspecified atom stereocenters. The van der Waals surface area contributed by atoms with Crippen molar-refractivity contribution in [1.82, 2.24) is 4.90 Å². The molecule has 0 aromatic carbocycles. The summed E-state index contributed by atoms with van der Waals surface area (Å²) in [5.41, 5.74) is 0.542. The second kappa shape index (κ2) is 8.96. The van der Waals surface area contributed by atoms with Crippen LogP contribution in [0.1, 0.15) is 91.4 Å². The minimum Gasteiger partial charge on any atom is -0.295 e. The third-order valence-corrected chi connectivity index (χ3v) is 4.60. The monoisotopic (exact) mass is 253 g/mol. The Kier molecular flexibility index (Phi) is 7.97. The molecule has 1 nitrogen and oxygen atoms in total. The van der Waals surface area contributed by atoms with Gasteiger partial charge in [-0.3, -0.25) is 4.90 Å². The van der Waals surface area contributed by atoms with E-state index >= 15 is 0 Å². The Labute approximate surface area is 115 Å². The molecule has 0 bridgehead atoms. The molecule has 0 spiro atoms. The van der Waals surface area contributed by atoms with Crippen molar-refractivity contribution in [2.45, 2.75) is 96.9 Å². The Morgan fingerprint density at radius 2 is 1.17 bits per heavy atom. The zero-order chi connectivity index (χ0) is 13.3. The molecule has 0 N–H and O–H groups in total. The van der Waals surface area contributed by atoms with Crippen LogP contribution in [0.4, 0.5) is 0 Å². The highest BCUT2D eigenvalue weighted by Gasteiger charge is 2.37. The molecule has 1 aliphatic rings. The highest BCUT2D eigenvalue weighted by atomic mass is 15.3. The topological polar surface area (TPSA) is 3.01 Å². The van der Waals surface area contributed by atoms with E-state index in [0.29, 0.717) is 5.54 Å². The molecule has 0 radical (unpaired) electrons. The van der Waals surface area contributed by atoms with Crippen molar-refractivity contribution >= 4 is 0 Å². The fourth-order valence-corrected chi connectivity index (χ4v) is 3.07. The van der Waals surface area contributed by atoms with Crippen LogP contribution in [0.5, 0.6) is 0 Å². The molecule has 0 aliphatic carbocycles. The fraction of sp³-hybridized carbons (Fsp3) is 1.00. The maximum atomic E-state index is 2.71. The minimum absolute atomic E-state index is 0.542. The van der Waals surface area contributed by atoms with Gasteiger partial charge in [-0.2, -0.15) is 0 Å². The maximum Gasteiger partial charge on any atom is 0.0182 e. The Morgan fingerprint density at radius 1 is 0.722 bits per heavy atom. The Morgan fingerprint density at radius 3 is 1.61 bits per heavy atom. The van der Waals surface area contributed by atoms with Gasteiger partial charge in [0.25, 0.3) is 0 Å². The van der Waals surface area contributed by atoms with Crippen molar-refractivity contribution in [3.05, 3.63) is 0 Å². The molecule has 1 saturated heterocycles. The first-order valence-electron chi connectivity index (χ1n) is 8.48. The molecule has 1 heterocycles. The molecule has 1 fully saturated rings. The Balaban J connectivity index is 2.16. The van der Waals surface area contributed by atoms with Crippen LogP contribution >= 0.6 is 0 Å². The van der Waals surface area contributed by atoms with Crippen LogP contribution in [0.15, 0.2) is 0 Å². The number of nitrogens with zero attached hydrogens (tertiary/aromatic N) is 1. The van der Waals surface area contributed by atoms with Crippen LogP contribution in [-0.4, -0.2) is 23.5 Å². The molecule has 18 heavy (non-hydrogen) atoms. The van der Waals surface area contributed by atoms with Gasteiger partial charge in [0.2, 0.25) is 0 Å². The van der Waals surface area contributed by atoms with Gasteiger partial charge in [0.05, 0.1) is 0 Å². The highest BCUT2D eigenvalue weighted by Crippen LogP contribution is 2.33. The predicted octanol–water partition coefficient (Wildman–Crippen LogP) is 5.39. The summed E-state index contributed by atoms with van der Waals surface area (Å²) >= 11 is 0. The van der Waals surface area contributed by atoms with Crippen LogP contribution in [0, 0.1) is 0 Å². The van der Waals surface area contributed by atoms with Gasteiger partial charge in [-0.15, -0.1) is 0 Å². The zero-order valence-corrected chi connectivity index (χ0v) is 13.1. The molecule has 0 amide bonds. The van der Waals surface area contributed by atoms with E-state index in [1.807, 2.05) is 0 Å². The molecule has 108 valence electrons. The summed E-state index contributed by atoms with van der Waals surface area (Å²) in [7, 11) is 0. The second-order valence-electron chi connectivity index (χ2n) is 6.46. The second-order valence-corrected chi connectivity index (χ2v) is 6.46. The molecule has 0 aromatic heterocycles. The van der Waals surface area contributed by atoms with Crippen LogP contribution in [0.3, 0.4) is 0 Å². The molecule has 1 heteroatoms. The summed E-state index contributed by atoms with van der Waals surface area (Å²) in [6.45, 7) is 9.84. The van der Waals surface area contributed by atoms with E-state index in [1.165, 1.54) is 83.7 Å². The summed E-state index contributed by atoms with van der Waals surface area (Å²) < 4.78 is 0. The lowest BCUT2D eigenvalue weighted by Gasteiger charge is -2.31. The predicted molar refractivity (Wildman–Crippen MR) is 82.1 cm³/mol. The van der Waals surface area contributed by atoms with Gasteiger partial charge in [0, 0.05) is 18.6 Å². The van der Waals surface area contributed by atoms with E-state index < -0.39 is 0 Å². The van der Waals surface area contributed by atoms with Crippen molar-refractivity contribution in [3.63, 3.8) is 0 Å². The van der Waals surface area contributed by atoms with Gasteiger partial charge in [0.15, 0.2) is 0 Å². The zero-order valence-electron chi connectivity index (χ0n) is 13.1. The summed E-state index contributed by atoms with van der Waals surface area (Å²) in [6, 6.07) is 0. The Hall–Kier alpha value is -0.0400. The van der Waals surface area contributed by atoms with Crippen molar-refractivity contribution < 1.29 is 0 Å². The first kappa shape index (κ1) is 16.0. The lowest BCUT2D eigenvalue weighted by Crippen LogP contribution is -2.34. The van der Waals surface area contributed by atoms with E-state index in [9.17, 15) is 0 Å². The number of unbranched alkanes of at least 4 members (excludes halogenated alkanes) is 7. The highest BCUT2D eigenvalue weighted by molar-refractivity contribution is 4.93. The standard InChI is InChI=1S/C17H35N/c1-4-6-8-10-12-14-17(3,18-15-16-18)13-11-9-7-5-2/h4-16H2,1-3H3. The number of hydrogen-bond donors (Lipinski definition) is 0. The van der Waals surface area contributed by atoms with Crippen LogP contribution in [0.25, 0.3) is 0 Å². The molecular formula is C17H35N. The SMILES string of the molecule is CCCCCCCC(C)(CCCCCC)N1CC1. The molecule has 0 saturated carbocycles. The van der Waals surface area contributed by atoms with Gasteiger partial charge in [-0.05, 0) is 19.8 Å². The van der Waals surface area contributed by atoms with E-state index in [2.05, 4.69) is 25.7 Å². The van der Waals surface area contributed by atoms with Crippen LogP contribution < -0.4 is 0 Å². The third-order valence-electron chi connectivity index (χ3n) is 4.60. The molecule has 1 rings (SSSR count). The summed E-state index contributed by atoms with van der Waals surface area (Å²) in [5.74, 6) is 0. The molecule has 1 aliphatic heterocycles. The summed E-state index contributed by atoms with van der Waals surface area (Å²) in [6.07, 6.45) is 15.7. The van der Waals surface area contributed by atoms with Crippen LogP contribution in [-0.2, 0) is 0 Å². The smallest absolute Gasteiger partial charge is 0.0182 e. The first-order chi connectivity index (χ1) is 8.73. The maximum absolute atomic E-state index is 2.71. The van der Waals surface area contributed by atoms with Crippen LogP contribution in [0.2, 0.25) is 0 Å². The quantitative estimate of drug-likeness (QED) is 0.333. The first-order valence-corrected chi connectivity index (χ1v) is 8.48. The summed E-state index contributed by atoms with van der Waals surface area (Å²) in [4.78, 5) is 2.71. The largest absolute Gasteiger partial charge is 0.295 e. The van der Waals surface area contributed by atoms with Gasteiger partial charge in [0.1, 0.15) is 0 Å². The molecular weight excluding hydrogens is 218 g/mol. The Bertz CT molecular complexity index is 198. The van der Waals surface area contributed by atoms with Gasteiger partial charge < -0.3 is 0 Å². The third kappa shape index (κ3) is 6.22. The average molecular weight is 253 g/mol. The van der Waals surface area contributed by atoms with E-state index in [0.717, 1.165) is 0 Å². The van der Waals surface area contributed by atoms with Gasteiger partial charge >= 0.3 is 0 Å². The van der Waals surface area contributed by atoms with Crippen molar-refractivity contribution in [3.8, 4) is 0 Å². The van der Waals surface area contributed by atoms with E-state index in [-0.39, 0.29) is 0 Å². The van der Waals surface area contributed by atoms with Crippen molar-refractivity contribution in [2.75, 3.05) is 13.1 Å². The fourth-order valence-electron chi connectivity index (χ4n) is 3.07. The van der Waals surface area contributed by atoms with Crippen molar-refractivity contribution in [1.29, 1.82) is 0 Å². The molecule has 1 atom stereocenters. The number of hydrogen-bond acceptors (Lipinski definition) is 1. The molecule has 0 aromatic rings. The minimum atomic E-state index is 0.542.